The Morgan fingerprint density at radius 2 is 2.06 bits per heavy atom. The Hall–Kier alpha value is -1.71. The van der Waals surface area contributed by atoms with Crippen molar-refractivity contribution >= 4 is 11.7 Å². The molecule has 0 bridgehead atoms. The van der Waals surface area contributed by atoms with E-state index in [1.54, 1.807) is 0 Å². The van der Waals surface area contributed by atoms with Crippen LogP contribution in [-0.4, -0.2) is 32.2 Å². The highest BCUT2D eigenvalue weighted by molar-refractivity contribution is 5.74. The second-order valence-electron chi connectivity index (χ2n) is 4.79. The third kappa shape index (κ3) is 4.28. The summed E-state index contributed by atoms with van der Waals surface area (Å²) in [6.45, 7) is 1.66. The Balaban J connectivity index is 1.58. The summed E-state index contributed by atoms with van der Waals surface area (Å²) >= 11 is 0. The maximum Gasteiger partial charge on any atom is 0.315 e. The van der Waals surface area contributed by atoms with Crippen molar-refractivity contribution in [3.8, 4) is 0 Å². The van der Waals surface area contributed by atoms with Crippen molar-refractivity contribution in [2.45, 2.75) is 25.3 Å². The number of nitrogens with zero attached hydrogens (tertiary/aromatic N) is 1. The Morgan fingerprint density at radius 3 is 2.72 bits per heavy atom. The summed E-state index contributed by atoms with van der Waals surface area (Å²) in [4.78, 5) is 13.6. The van der Waals surface area contributed by atoms with Crippen LogP contribution in [0.4, 0.5) is 10.5 Å². The first-order valence-corrected chi connectivity index (χ1v) is 6.56. The van der Waals surface area contributed by atoms with Crippen molar-refractivity contribution in [3.05, 3.63) is 30.3 Å². The fourth-order valence-corrected chi connectivity index (χ4v) is 1.79. The van der Waals surface area contributed by atoms with Gasteiger partial charge in [-0.3, -0.25) is 0 Å². The summed E-state index contributed by atoms with van der Waals surface area (Å²) in [5.74, 6) is 0. The van der Waals surface area contributed by atoms with Crippen LogP contribution in [0.2, 0.25) is 0 Å². The van der Waals surface area contributed by atoms with Gasteiger partial charge in [-0.05, 0) is 31.4 Å². The predicted octanol–water partition coefficient (Wildman–Crippen LogP) is 1.97. The van der Waals surface area contributed by atoms with Gasteiger partial charge in [0.15, 0.2) is 0 Å². The van der Waals surface area contributed by atoms with Gasteiger partial charge in [-0.15, -0.1) is 0 Å². The normalized spacial score (nSPS) is 14.1. The van der Waals surface area contributed by atoms with Crippen LogP contribution in [0.1, 0.15) is 19.3 Å². The first kappa shape index (κ1) is 12.7. The van der Waals surface area contributed by atoms with E-state index in [2.05, 4.69) is 34.7 Å². The Bertz CT molecular complexity index is 376. The minimum absolute atomic E-state index is 0.0279. The monoisotopic (exact) mass is 247 g/mol. The van der Waals surface area contributed by atoms with Gasteiger partial charge in [0.2, 0.25) is 0 Å². The molecule has 4 nitrogen and oxygen atoms in total. The maximum atomic E-state index is 11.4. The lowest BCUT2D eigenvalue weighted by molar-refractivity contribution is 0.240. The number of hydrogen-bond donors (Lipinski definition) is 2. The Labute approximate surface area is 108 Å². The molecule has 1 aromatic carbocycles. The fraction of sp³-hybridized carbons (Fsp3) is 0.500. The van der Waals surface area contributed by atoms with Crippen LogP contribution in [0.3, 0.4) is 0 Å². The fourth-order valence-electron chi connectivity index (χ4n) is 1.79. The van der Waals surface area contributed by atoms with Crippen molar-refractivity contribution in [2.24, 2.45) is 0 Å². The van der Waals surface area contributed by atoms with Gasteiger partial charge in [0.05, 0.1) is 0 Å². The summed E-state index contributed by atoms with van der Waals surface area (Å²) in [6.07, 6.45) is 3.21. The second kappa shape index (κ2) is 6.28. The van der Waals surface area contributed by atoms with E-state index >= 15 is 0 Å². The third-order valence-electron chi connectivity index (χ3n) is 3.07. The van der Waals surface area contributed by atoms with E-state index in [4.69, 9.17) is 0 Å². The Kier molecular flexibility index (Phi) is 4.45. The molecule has 18 heavy (non-hydrogen) atoms. The van der Waals surface area contributed by atoms with Crippen LogP contribution < -0.4 is 15.5 Å². The number of carbonyl (C=O) groups is 1. The van der Waals surface area contributed by atoms with E-state index in [1.165, 1.54) is 5.69 Å². The topological polar surface area (TPSA) is 44.4 Å². The molecule has 0 atom stereocenters. The lowest BCUT2D eigenvalue weighted by Gasteiger charge is -2.19. The summed E-state index contributed by atoms with van der Waals surface area (Å²) in [5.41, 5.74) is 1.21. The van der Waals surface area contributed by atoms with Gasteiger partial charge in [0.25, 0.3) is 0 Å². The van der Waals surface area contributed by atoms with Crippen molar-refractivity contribution in [2.75, 3.05) is 25.0 Å². The second-order valence-corrected chi connectivity index (χ2v) is 4.79. The molecule has 2 N–H and O–H groups in total. The summed E-state index contributed by atoms with van der Waals surface area (Å²) in [5, 5.41) is 5.79. The molecule has 0 aromatic heterocycles. The molecule has 0 radical (unpaired) electrons. The van der Waals surface area contributed by atoms with Gasteiger partial charge in [-0.25, -0.2) is 4.79 Å². The molecule has 0 saturated heterocycles. The molecule has 2 rings (SSSR count). The number of benzene rings is 1. The molecule has 98 valence electrons. The SMILES string of the molecule is CN(CCCNC(=O)NC1CC1)c1ccccc1. The smallest absolute Gasteiger partial charge is 0.315 e. The van der Waals surface area contributed by atoms with Crippen molar-refractivity contribution in [1.82, 2.24) is 10.6 Å². The molecule has 0 spiro atoms. The minimum Gasteiger partial charge on any atom is -0.375 e. The zero-order valence-electron chi connectivity index (χ0n) is 10.9. The van der Waals surface area contributed by atoms with Crippen molar-refractivity contribution in [3.63, 3.8) is 0 Å². The molecule has 0 heterocycles. The van der Waals surface area contributed by atoms with E-state index in [9.17, 15) is 4.79 Å². The number of nitrogens with one attached hydrogen (secondary N) is 2. The van der Waals surface area contributed by atoms with Crippen LogP contribution in [-0.2, 0) is 0 Å². The van der Waals surface area contributed by atoms with E-state index in [0.717, 1.165) is 32.4 Å². The molecular weight excluding hydrogens is 226 g/mol. The Morgan fingerprint density at radius 1 is 1.33 bits per heavy atom. The van der Waals surface area contributed by atoms with Crippen LogP contribution in [0, 0.1) is 0 Å². The molecule has 1 aliphatic rings. The minimum atomic E-state index is -0.0279. The number of hydrogen-bond acceptors (Lipinski definition) is 2. The summed E-state index contributed by atoms with van der Waals surface area (Å²) < 4.78 is 0. The molecule has 0 unspecified atom stereocenters. The van der Waals surface area contributed by atoms with Crippen LogP contribution in [0.5, 0.6) is 0 Å². The first-order valence-electron chi connectivity index (χ1n) is 6.56. The van der Waals surface area contributed by atoms with Gasteiger partial charge in [0, 0.05) is 31.9 Å². The average molecular weight is 247 g/mol. The number of anilines is 1. The quantitative estimate of drug-likeness (QED) is 0.755. The third-order valence-corrected chi connectivity index (χ3v) is 3.07. The van der Waals surface area contributed by atoms with Gasteiger partial charge in [-0.2, -0.15) is 0 Å². The van der Waals surface area contributed by atoms with Gasteiger partial charge >= 0.3 is 6.03 Å². The largest absolute Gasteiger partial charge is 0.375 e. The average Bonchev–Trinajstić information content (AvgIpc) is 3.19. The van der Waals surface area contributed by atoms with E-state index < -0.39 is 0 Å². The van der Waals surface area contributed by atoms with E-state index in [-0.39, 0.29) is 6.03 Å². The number of rotatable bonds is 6. The van der Waals surface area contributed by atoms with Crippen LogP contribution in [0.15, 0.2) is 30.3 Å². The lowest BCUT2D eigenvalue weighted by atomic mass is 10.3. The lowest BCUT2D eigenvalue weighted by Crippen LogP contribution is -2.38. The van der Waals surface area contributed by atoms with Crippen molar-refractivity contribution < 1.29 is 4.79 Å². The van der Waals surface area contributed by atoms with E-state index in [1.807, 2.05) is 18.2 Å². The molecule has 2 amide bonds. The van der Waals surface area contributed by atoms with E-state index in [0.29, 0.717) is 6.04 Å². The zero-order valence-corrected chi connectivity index (χ0v) is 10.9. The standard InChI is InChI=1S/C14H21N3O/c1-17(13-6-3-2-4-7-13)11-5-10-15-14(18)16-12-8-9-12/h2-4,6-7,12H,5,8-11H2,1H3,(H2,15,16,18). The molecule has 1 saturated carbocycles. The molecule has 0 aliphatic heterocycles. The summed E-state index contributed by atoms with van der Waals surface area (Å²) in [7, 11) is 2.07. The van der Waals surface area contributed by atoms with Crippen LogP contribution in [0.25, 0.3) is 0 Å². The highest BCUT2D eigenvalue weighted by Crippen LogP contribution is 2.18. The number of para-hydroxylation sites is 1. The highest BCUT2D eigenvalue weighted by atomic mass is 16.2. The predicted molar refractivity (Wildman–Crippen MR) is 73.9 cm³/mol. The van der Waals surface area contributed by atoms with Gasteiger partial charge in [-0.1, -0.05) is 18.2 Å². The first-order chi connectivity index (χ1) is 8.75. The molecule has 1 aromatic rings. The van der Waals surface area contributed by atoms with Gasteiger partial charge < -0.3 is 15.5 Å². The zero-order chi connectivity index (χ0) is 12.8. The molecule has 1 aliphatic carbocycles. The molecular formula is C14H21N3O. The number of urea groups is 1. The molecule has 4 heteroatoms. The van der Waals surface area contributed by atoms with Crippen molar-refractivity contribution in [1.29, 1.82) is 0 Å². The van der Waals surface area contributed by atoms with Crippen LogP contribution >= 0.6 is 0 Å². The number of amides is 2. The maximum absolute atomic E-state index is 11.4. The molecule has 1 fully saturated rings. The summed E-state index contributed by atoms with van der Waals surface area (Å²) in [6, 6.07) is 10.7. The van der Waals surface area contributed by atoms with Gasteiger partial charge in [0.1, 0.15) is 0 Å². The highest BCUT2D eigenvalue weighted by Gasteiger charge is 2.22. The number of carbonyl (C=O) groups excluding carboxylic acids is 1.